The zero-order valence-electron chi connectivity index (χ0n) is 8.48. The van der Waals surface area contributed by atoms with Crippen molar-refractivity contribution in [3.63, 3.8) is 0 Å². The molecule has 0 bridgehead atoms. The van der Waals surface area contributed by atoms with Crippen LogP contribution in [0.1, 0.15) is 12.8 Å². The van der Waals surface area contributed by atoms with Crippen molar-refractivity contribution >= 4 is 11.9 Å². The van der Waals surface area contributed by atoms with Gasteiger partial charge in [0.15, 0.2) is 0 Å². The molecule has 82 valence electrons. The number of carboxylic acids is 1. The van der Waals surface area contributed by atoms with E-state index in [1.54, 1.807) is 6.08 Å². The Hall–Kier alpha value is -1.58. The number of hydrogen-bond acceptors (Lipinski definition) is 2. The maximum atomic E-state index is 11.6. The molecule has 2 atom stereocenters. The van der Waals surface area contributed by atoms with E-state index in [1.165, 1.54) is 0 Å². The summed E-state index contributed by atoms with van der Waals surface area (Å²) in [5.41, 5.74) is 0. The molecule has 0 saturated heterocycles. The van der Waals surface area contributed by atoms with Crippen molar-refractivity contribution < 1.29 is 14.7 Å². The average molecular weight is 209 g/mol. The fourth-order valence-corrected chi connectivity index (χ4v) is 1.68. The fraction of sp³-hybridized carbons (Fsp3) is 0.455. The molecule has 0 fully saturated rings. The molecule has 0 radical (unpaired) electrons. The van der Waals surface area contributed by atoms with Gasteiger partial charge < -0.3 is 10.4 Å². The molecular formula is C11H15NO3. The predicted molar refractivity (Wildman–Crippen MR) is 56.2 cm³/mol. The number of carbonyl (C=O) groups is 2. The van der Waals surface area contributed by atoms with Crippen LogP contribution in [-0.4, -0.2) is 23.5 Å². The van der Waals surface area contributed by atoms with Crippen LogP contribution in [0.3, 0.4) is 0 Å². The first-order chi connectivity index (χ1) is 7.16. The van der Waals surface area contributed by atoms with Crippen LogP contribution in [0.25, 0.3) is 0 Å². The highest BCUT2D eigenvalue weighted by atomic mass is 16.4. The van der Waals surface area contributed by atoms with Gasteiger partial charge in [-0.3, -0.25) is 9.59 Å². The minimum atomic E-state index is -0.905. The SMILES string of the molecule is C=CCNC(=O)[C@@H]1CC=CC[C@@H]1C(=O)O. The Kier molecular flexibility index (Phi) is 4.09. The summed E-state index contributed by atoms with van der Waals surface area (Å²) < 4.78 is 0. The lowest BCUT2D eigenvalue weighted by atomic mass is 9.82. The molecule has 0 saturated carbocycles. The Bertz CT molecular complexity index is 296. The van der Waals surface area contributed by atoms with E-state index >= 15 is 0 Å². The van der Waals surface area contributed by atoms with E-state index in [0.29, 0.717) is 19.4 Å². The quantitative estimate of drug-likeness (QED) is 0.677. The number of carboxylic acid groups (broad SMARTS) is 1. The molecule has 0 aromatic carbocycles. The molecule has 0 aromatic heterocycles. The number of nitrogens with one attached hydrogen (secondary N) is 1. The number of amides is 1. The summed E-state index contributed by atoms with van der Waals surface area (Å²) in [5, 5.41) is 11.6. The van der Waals surface area contributed by atoms with Gasteiger partial charge in [-0.1, -0.05) is 18.2 Å². The smallest absolute Gasteiger partial charge is 0.307 e. The van der Waals surface area contributed by atoms with Gasteiger partial charge in [-0.2, -0.15) is 0 Å². The van der Waals surface area contributed by atoms with Gasteiger partial charge in [0, 0.05) is 6.54 Å². The second-order valence-corrected chi connectivity index (χ2v) is 3.53. The number of carbonyl (C=O) groups excluding carboxylic acids is 1. The summed E-state index contributed by atoms with van der Waals surface area (Å²) in [7, 11) is 0. The third-order valence-electron chi connectivity index (χ3n) is 2.51. The molecule has 0 spiro atoms. The molecule has 4 heteroatoms. The summed E-state index contributed by atoms with van der Waals surface area (Å²) >= 11 is 0. The topological polar surface area (TPSA) is 66.4 Å². The van der Waals surface area contributed by atoms with Crippen LogP contribution < -0.4 is 5.32 Å². The third kappa shape index (κ3) is 2.94. The van der Waals surface area contributed by atoms with Crippen molar-refractivity contribution in [3.05, 3.63) is 24.8 Å². The maximum absolute atomic E-state index is 11.6. The number of allylic oxidation sites excluding steroid dienone is 2. The molecular weight excluding hydrogens is 194 g/mol. The van der Waals surface area contributed by atoms with Gasteiger partial charge in [0.1, 0.15) is 0 Å². The molecule has 2 N–H and O–H groups in total. The monoisotopic (exact) mass is 209 g/mol. The first-order valence-electron chi connectivity index (χ1n) is 4.93. The van der Waals surface area contributed by atoms with E-state index in [9.17, 15) is 9.59 Å². The Balaban J connectivity index is 2.64. The van der Waals surface area contributed by atoms with Gasteiger partial charge in [-0.25, -0.2) is 0 Å². The van der Waals surface area contributed by atoms with Gasteiger partial charge in [0.25, 0.3) is 0 Å². The number of rotatable bonds is 4. The molecule has 1 aliphatic rings. The molecule has 15 heavy (non-hydrogen) atoms. The minimum Gasteiger partial charge on any atom is -0.481 e. The number of hydrogen-bond donors (Lipinski definition) is 2. The van der Waals surface area contributed by atoms with Gasteiger partial charge in [-0.05, 0) is 12.8 Å². The standard InChI is InChI=1S/C11H15NO3/c1-2-7-12-10(13)8-5-3-4-6-9(8)11(14)15/h2-4,8-9H,1,5-7H2,(H,12,13)(H,14,15)/t8-,9+/m1/s1. The normalized spacial score (nSPS) is 24.5. The summed E-state index contributed by atoms with van der Waals surface area (Å²) in [6.45, 7) is 3.87. The zero-order valence-corrected chi connectivity index (χ0v) is 8.48. The van der Waals surface area contributed by atoms with E-state index in [1.807, 2.05) is 12.2 Å². The molecule has 0 unspecified atom stereocenters. The van der Waals surface area contributed by atoms with Crippen LogP contribution in [0.5, 0.6) is 0 Å². The number of aliphatic carboxylic acids is 1. The highest BCUT2D eigenvalue weighted by Gasteiger charge is 2.33. The molecule has 0 aliphatic heterocycles. The molecule has 1 rings (SSSR count). The van der Waals surface area contributed by atoms with E-state index in [2.05, 4.69) is 11.9 Å². The van der Waals surface area contributed by atoms with Gasteiger partial charge in [0.05, 0.1) is 11.8 Å². The van der Waals surface area contributed by atoms with Gasteiger partial charge in [-0.15, -0.1) is 6.58 Å². The van der Waals surface area contributed by atoms with Gasteiger partial charge >= 0.3 is 5.97 Å². The van der Waals surface area contributed by atoms with Crippen molar-refractivity contribution in [2.75, 3.05) is 6.54 Å². The average Bonchev–Trinajstić information content (AvgIpc) is 2.25. The maximum Gasteiger partial charge on any atom is 0.307 e. The Morgan fingerprint density at radius 2 is 2.00 bits per heavy atom. The van der Waals surface area contributed by atoms with Crippen molar-refractivity contribution in [1.29, 1.82) is 0 Å². The summed E-state index contributed by atoms with van der Waals surface area (Å²) in [5.74, 6) is -2.16. The van der Waals surface area contributed by atoms with E-state index in [4.69, 9.17) is 5.11 Å². The third-order valence-corrected chi connectivity index (χ3v) is 2.51. The van der Waals surface area contributed by atoms with Crippen LogP contribution in [-0.2, 0) is 9.59 Å². The zero-order chi connectivity index (χ0) is 11.3. The molecule has 1 aliphatic carbocycles. The van der Waals surface area contributed by atoms with Crippen LogP contribution >= 0.6 is 0 Å². The molecule has 0 heterocycles. The Morgan fingerprint density at radius 3 is 2.53 bits per heavy atom. The summed E-state index contributed by atoms with van der Waals surface area (Å²) in [4.78, 5) is 22.5. The molecule has 4 nitrogen and oxygen atoms in total. The van der Waals surface area contributed by atoms with E-state index < -0.39 is 17.8 Å². The lowest BCUT2D eigenvalue weighted by molar-refractivity contribution is -0.147. The predicted octanol–water partition coefficient (Wildman–Crippen LogP) is 0.956. The second kappa shape index (κ2) is 5.34. The molecule has 1 amide bonds. The van der Waals surface area contributed by atoms with Crippen LogP contribution in [0.4, 0.5) is 0 Å². The lowest BCUT2D eigenvalue weighted by Gasteiger charge is -2.23. The minimum absolute atomic E-state index is 0.202. The first-order valence-corrected chi connectivity index (χ1v) is 4.93. The Morgan fingerprint density at radius 1 is 1.40 bits per heavy atom. The largest absolute Gasteiger partial charge is 0.481 e. The van der Waals surface area contributed by atoms with Crippen molar-refractivity contribution in [2.24, 2.45) is 11.8 Å². The van der Waals surface area contributed by atoms with Crippen molar-refractivity contribution in [1.82, 2.24) is 5.32 Å². The second-order valence-electron chi connectivity index (χ2n) is 3.53. The fourth-order valence-electron chi connectivity index (χ4n) is 1.68. The molecule has 0 aromatic rings. The highest BCUT2D eigenvalue weighted by molar-refractivity contribution is 5.85. The van der Waals surface area contributed by atoms with Crippen LogP contribution in [0, 0.1) is 11.8 Å². The van der Waals surface area contributed by atoms with Crippen molar-refractivity contribution in [3.8, 4) is 0 Å². The Labute approximate surface area is 88.7 Å². The van der Waals surface area contributed by atoms with Gasteiger partial charge in [0.2, 0.25) is 5.91 Å². The van der Waals surface area contributed by atoms with Crippen molar-refractivity contribution in [2.45, 2.75) is 12.8 Å². The lowest BCUT2D eigenvalue weighted by Crippen LogP contribution is -2.38. The highest BCUT2D eigenvalue weighted by Crippen LogP contribution is 2.25. The summed E-state index contributed by atoms with van der Waals surface area (Å²) in [6, 6.07) is 0. The van der Waals surface area contributed by atoms with E-state index in [0.717, 1.165) is 0 Å². The summed E-state index contributed by atoms with van der Waals surface area (Å²) in [6.07, 6.45) is 6.18. The first kappa shape index (κ1) is 11.5. The van der Waals surface area contributed by atoms with E-state index in [-0.39, 0.29) is 5.91 Å². The van der Waals surface area contributed by atoms with Crippen LogP contribution in [0.2, 0.25) is 0 Å². The van der Waals surface area contributed by atoms with Crippen LogP contribution in [0.15, 0.2) is 24.8 Å².